The summed E-state index contributed by atoms with van der Waals surface area (Å²) in [5.41, 5.74) is 3.40. The van der Waals surface area contributed by atoms with Gasteiger partial charge in [0.05, 0.1) is 0 Å². The molecule has 0 bridgehead atoms. The van der Waals surface area contributed by atoms with Crippen molar-refractivity contribution in [3.05, 3.63) is 35.5 Å². The molecule has 1 heterocycles. The van der Waals surface area contributed by atoms with Gasteiger partial charge in [-0.3, -0.25) is 10.1 Å². The van der Waals surface area contributed by atoms with Crippen LogP contribution in [0.5, 0.6) is 0 Å². The number of benzene rings is 1. The molecule has 0 aliphatic rings. The standard InChI is InChI=1S/C14H16ClN3O2/c1-9-2-3-12-11(6-9)10(8-17-12)4-5-16-14(20)18-13(19)7-15/h2-3,6,8,17H,4-5,7H2,1H3,(H2,16,18,19,20). The van der Waals surface area contributed by atoms with Crippen molar-refractivity contribution < 1.29 is 9.59 Å². The molecule has 1 aromatic heterocycles. The number of fused-ring (bicyclic) bond motifs is 1. The van der Waals surface area contributed by atoms with Crippen molar-refractivity contribution in [2.24, 2.45) is 0 Å². The summed E-state index contributed by atoms with van der Waals surface area (Å²) in [6, 6.07) is 5.67. The summed E-state index contributed by atoms with van der Waals surface area (Å²) >= 11 is 5.30. The van der Waals surface area contributed by atoms with Crippen LogP contribution in [-0.4, -0.2) is 29.3 Å². The number of carbonyl (C=O) groups is 2. The van der Waals surface area contributed by atoms with Gasteiger partial charge in [-0.2, -0.15) is 0 Å². The molecule has 20 heavy (non-hydrogen) atoms. The Balaban J connectivity index is 1.91. The highest BCUT2D eigenvalue weighted by Gasteiger charge is 2.07. The first-order chi connectivity index (χ1) is 9.60. The highest BCUT2D eigenvalue weighted by atomic mass is 35.5. The van der Waals surface area contributed by atoms with Crippen molar-refractivity contribution in [3.63, 3.8) is 0 Å². The Hall–Kier alpha value is -2.01. The molecule has 5 nitrogen and oxygen atoms in total. The van der Waals surface area contributed by atoms with Gasteiger partial charge in [-0.1, -0.05) is 11.6 Å². The second-order valence-corrected chi connectivity index (χ2v) is 4.82. The van der Waals surface area contributed by atoms with Crippen LogP contribution >= 0.6 is 11.6 Å². The third-order valence-electron chi connectivity index (χ3n) is 2.98. The van der Waals surface area contributed by atoms with Crippen LogP contribution < -0.4 is 10.6 Å². The molecule has 0 saturated heterocycles. The molecule has 106 valence electrons. The summed E-state index contributed by atoms with van der Waals surface area (Å²) in [5, 5.41) is 5.91. The molecule has 0 unspecified atom stereocenters. The van der Waals surface area contributed by atoms with Crippen LogP contribution in [0, 0.1) is 6.92 Å². The molecule has 6 heteroatoms. The molecular formula is C14H16ClN3O2. The fraction of sp³-hybridized carbons (Fsp3) is 0.286. The number of aromatic nitrogens is 1. The van der Waals surface area contributed by atoms with Gasteiger partial charge in [0, 0.05) is 23.6 Å². The van der Waals surface area contributed by atoms with Crippen molar-refractivity contribution in [1.82, 2.24) is 15.6 Å². The van der Waals surface area contributed by atoms with Crippen LogP contribution in [0.15, 0.2) is 24.4 Å². The normalized spacial score (nSPS) is 10.5. The van der Waals surface area contributed by atoms with Gasteiger partial charge in [0.15, 0.2) is 0 Å². The Bertz CT molecular complexity index is 636. The second kappa shape index (κ2) is 6.43. The third-order valence-corrected chi connectivity index (χ3v) is 3.22. The quantitative estimate of drug-likeness (QED) is 0.755. The minimum Gasteiger partial charge on any atom is -0.361 e. The number of hydrogen-bond donors (Lipinski definition) is 3. The number of aryl methyl sites for hydroxylation is 1. The highest BCUT2D eigenvalue weighted by Crippen LogP contribution is 2.19. The van der Waals surface area contributed by atoms with Crippen LogP contribution in [0.4, 0.5) is 4.79 Å². The number of alkyl halides is 1. The maximum Gasteiger partial charge on any atom is 0.321 e. The molecule has 3 N–H and O–H groups in total. The zero-order valence-corrected chi connectivity index (χ0v) is 11.9. The predicted octanol–water partition coefficient (Wildman–Crippen LogP) is 2.08. The average Bonchev–Trinajstić information content (AvgIpc) is 2.81. The number of nitrogens with one attached hydrogen (secondary N) is 3. The molecule has 2 rings (SSSR count). The molecule has 0 fully saturated rings. The average molecular weight is 294 g/mol. The van der Waals surface area contributed by atoms with Crippen LogP contribution in [-0.2, 0) is 11.2 Å². The van der Waals surface area contributed by atoms with Gasteiger partial charge < -0.3 is 10.3 Å². The third kappa shape index (κ3) is 3.51. The van der Waals surface area contributed by atoms with Crippen molar-refractivity contribution in [1.29, 1.82) is 0 Å². The summed E-state index contributed by atoms with van der Waals surface area (Å²) in [7, 11) is 0. The molecule has 0 spiro atoms. The zero-order chi connectivity index (χ0) is 14.5. The van der Waals surface area contributed by atoms with E-state index in [0.717, 1.165) is 16.5 Å². The van der Waals surface area contributed by atoms with Crippen molar-refractivity contribution in [2.75, 3.05) is 12.4 Å². The van der Waals surface area contributed by atoms with Crippen molar-refractivity contribution >= 4 is 34.4 Å². The molecule has 1 aromatic carbocycles. The summed E-state index contributed by atoms with van der Waals surface area (Å²) in [6.45, 7) is 2.49. The van der Waals surface area contributed by atoms with E-state index in [9.17, 15) is 9.59 Å². The lowest BCUT2D eigenvalue weighted by molar-refractivity contribution is -0.117. The first kappa shape index (κ1) is 14.4. The summed E-state index contributed by atoms with van der Waals surface area (Å²) in [6.07, 6.45) is 2.62. The second-order valence-electron chi connectivity index (χ2n) is 4.55. The Labute approximate surface area is 121 Å². The van der Waals surface area contributed by atoms with Gasteiger partial charge in [0.25, 0.3) is 0 Å². The highest BCUT2D eigenvalue weighted by molar-refractivity contribution is 6.28. The molecule has 3 amide bonds. The molecule has 0 aliphatic carbocycles. The molecule has 0 atom stereocenters. The fourth-order valence-corrected chi connectivity index (χ4v) is 2.08. The van der Waals surface area contributed by atoms with E-state index < -0.39 is 11.9 Å². The van der Waals surface area contributed by atoms with Crippen molar-refractivity contribution in [2.45, 2.75) is 13.3 Å². The van der Waals surface area contributed by atoms with Gasteiger partial charge >= 0.3 is 6.03 Å². The fourth-order valence-electron chi connectivity index (χ4n) is 2.01. The number of carbonyl (C=O) groups excluding carboxylic acids is 2. The number of hydrogen-bond acceptors (Lipinski definition) is 2. The summed E-state index contributed by atoms with van der Waals surface area (Å²) < 4.78 is 0. The summed E-state index contributed by atoms with van der Waals surface area (Å²) in [4.78, 5) is 25.5. The predicted molar refractivity (Wildman–Crippen MR) is 79.0 cm³/mol. The minimum atomic E-state index is -0.522. The van der Waals surface area contributed by atoms with E-state index >= 15 is 0 Å². The maximum atomic E-state index is 11.3. The number of H-pyrrole nitrogens is 1. The van der Waals surface area contributed by atoms with E-state index in [1.807, 2.05) is 25.3 Å². The monoisotopic (exact) mass is 293 g/mol. The Morgan fingerprint density at radius 2 is 2.15 bits per heavy atom. The van der Waals surface area contributed by atoms with Gasteiger partial charge in [0.1, 0.15) is 5.88 Å². The zero-order valence-electron chi connectivity index (χ0n) is 11.1. The van der Waals surface area contributed by atoms with Crippen LogP contribution in [0.3, 0.4) is 0 Å². The number of imide groups is 1. The molecular weight excluding hydrogens is 278 g/mol. The lowest BCUT2D eigenvalue weighted by Gasteiger charge is -2.05. The first-order valence-electron chi connectivity index (χ1n) is 6.30. The number of amides is 3. The van der Waals surface area contributed by atoms with Crippen LogP contribution in [0.25, 0.3) is 10.9 Å². The van der Waals surface area contributed by atoms with Gasteiger partial charge in [-0.25, -0.2) is 4.79 Å². The van der Waals surface area contributed by atoms with Gasteiger partial charge in [-0.15, -0.1) is 11.6 Å². The van der Waals surface area contributed by atoms with Gasteiger partial charge in [-0.05, 0) is 31.0 Å². The number of urea groups is 1. The van der Waals surface area contributed by atoms with E-state index in [-0.39, 0.29) is 5.88 Å². The van der Waals surface area contributed by atoms with Crippen molar-refractivity contribution in [3.8, 4) is 0 Å². The number of halogens is 1. The van der Waals surface area contributed by atoms with E-state index in [1.54, 1.807) is 0 Å². The summed E-state index contributed by atoms with van der Waals surface area (Å²) in [5.74, 6) is -0.735. The van der Waals surface area contributed by atoms with Gasteiger partial charge in [0.2, 0.25) is 5.91 Å². The Morgan fingerprint density at radius 1 is 1.35 bits per heavy atom. The number of rotatable bonds is 4. The van der Waals surface area contributed by atoms with E-state index in [0.29, 0.717) is 13.0 Å². The minimum absolute atomic E-state index is 0.227. The van der Waals surface area contributed by atoms with Crippen LogP contribution in [0.2, 0.25) is 0 Å². The Morgan fingerprint density at radius 3 is 2.90 bits per heavy atom. The van der Waals surface area contributed by atoms with E-state index in [4.69, 9.17) is 11.6 Å². The SMILES string of the molecule is Cc1ccc2[nH]cc(CCNC(=O)NC(=O)CCl)c2c1. The molecule has 0 radical (unpaired) electrons. The lowest BCUT2D eigenvalue weighted by atomic mass is 10.1. The lowest BCUT2D eigenvalue weighted by Crippen LogP contribution is -2.40. The Kier molecular flexibility index (Phi) is 4.63. The first-order valence-corrected chi connectivity index (χ1v) is 6.84. The largest absolute Gasteiger partial charge is 0.361 e. The van der Waals surface area contributed by atoms with Crippen LogP contribution in [0.1, 0.15) is 11.1 Å². The smallest absolute Gasteiger partial charge is 0.321 e. The molecule has 0 aliphatic heterocycles. The molecule has 0 saturated carbocycles. The number of aromatic amines is 1. The van der Waals surface area contributed by atoms with E-state index in [2.05, 4.69) is 21.7 Å². The van der Waals surface area contributed by atoms with E-state index in [1.165, 1.54) is 5.56 Å². The topological polar surface area (TPSA) is 74.0 Å². The molecule has 2 aromatic rings. The maximum absolute atomic E-state index is 11.3.